The van der Waals surface area contributed by atoms with Gasteiger partial charge in [0.2, 0.25) is 15.5 Å². The average molecular weight is 251 g/mol. The van der Waals surface area contributed by atoms with E-state index in [-0.39, 0.29) is 16.5 Å². The molecule has 1 rings (SSSR count). The fraction of sp³-hybridized carbons (Fsp3) is 0.375. The lowest BCUT2D eigenvalue weighted by Crippen LogP contribution is -2.30. The summed E-state index contributed by atoms with van der Waals surface area (Å²) in [6, 6.07) is 0. The molecule has 0 aliphatic heterocycles. The number of aromatic amines is 1. The zero-order chi connectivity index (χ0) is 11.6. The van der Waals surface area contributed by atoms with Crippen LogP contribution in [0.25, 0.3) is 0 Å². The lowest BCUT2D eigenvalue weighted by molar-refractivity contribution is 0.485. The number of sulfonamides is 1. The van der Waals surface area contributed by atoms with Gasteiger partial charge in [0.25, 0.3) is 0 Å². The Labute approximate surface area is 92.7 Å². The summed E-state index contributed by atoms with van der Waals surface area (Å²) < 4.78 is 24.6. The van der Waals surface area contributed by atoms with Gasteiger partial charge in [-0.25, -0.2) is 12.7 Å². The smallest absolute Gasteiger partial charge is 0.248 e. The van der Waals surface area contributed by atoms with Crippen molar-refractivity contribution < 1.29 is 8.42 Å². The third-order valence-electron chi connectivity index (χ3n) is 2.00. The van der Waals surface area contributed by atoms with Gasteiger partial charge in [-0.15, -0.1) is 0 Å². The van der Waals surface area contributed by atoms with Crippen molar-refractivity contribution in [2.24, 2.45) is 0 Å². The summed E-state index contributed by atoms with van der Waals surface area (Å²) in [5.41, 5.74) is -0.685. The first-order valence-electron chi connectivity index (χ1n) is 4.24. The van der Waals surface area contributed by atoms with Crippen LogP contribution in [0.3, 0.4) is 0 Å². The Hall–Kier alpha value is -0.850. The third-order valence-corrected chi connectivity index (χ3v) is 4.22. The van der Waals surface area contributed by atoms with E-state index in [1.54, 1.807) is 6.92 Å². The number of nitrogens with one attached hydrogen (secondary N) is 1. The number of nitrogens with zero attached hydrogens (tertiary/aromatic N) is 1. The fourth-order valence-corrected chi connectivity index (χ4v) is 2.43. The number of halogens is 1. The molecule has 1 heterocycles. The van der Waals surface area contributed by atoms with Crippen LogP contribution >= 0.6 is 11.6 Å². The van der Waals surface area contributed by atoms with E-state index in [0.717, 1.165) is 10.5 Å². The van der Waals surface area contributed by atoms with Crippen molar-refractivity contribution in [2.75, 3.05) is 13.6 Å². The topological polar surface area (TPSA) is 70.2 Å². The minimum atomic E-state index is -3.74. The predicted molar refractivity (Wildman–Crippen MR) is 57.6 cm³/mol. The maximum atomic E-state index is 11.8. The monoisotopic (exact) mass is 250 g/mol. The van der Waals surface area contributed by atoms with Crippen molar-refractivity contribution in [1.29, 1.82) is 0 Å². The molecule has 7 heteroatoms. The van der Waals surface area contributed by atoms with Gasteiger partial charge in [-0.1, -0.05) is 18.5 Å². The van der Waals surface area contributed by atoms with E-state index < -0.39 is 15.5 Å². The van der Waals surface area contributed by atoms with E-state index in [1.807, 2.05) is 0 Å². The van der Waals surface area contributed by atoms with Crippen LogP contribution in [-0.4, -0.2) is 31.3 Å². The number of hydrogen-bond acceptors (Lipinski definition) is 3. The van der Waals surface area contributed by atoms with Crippen LogP contribution in [0.5, 0.6) is 0 Å². The van der Waals surface area contributed by atoms with E-state index in [2.05, 4.69) is 4.98 Å². The van der Waals surface area contributed by atoms with Gasteiger partial charge >= 0.3 is 0 Å². The maximum Gasteiger partial charge on any atom is 0.248 e. The first-order valence-corrected chi connectivity index (χ1v) is 6.06. The molecule has 0 atom stereocenters. The zero-order valence-corrected chi connectivity index (χ0v) is 9.89. The third kappa shape index (κ3) is 2.22. The van der Waals surface area contributed by atoms with E-state index >= 15 is 0 Å². The van der Waals surface area contributed by atoms with E-state index in [1.165, 1.54) is 13.2 Å². The normalized spacial score (nSPS) is 12.0. The van der Waals surface area contributed by atoms with E-state index in [9.17, 15) is 13.2 Å². The Morgan fingerprint density at radius 1 is 1.47 bits per heavy atom. The highest BCUT2D eigenvalue weighted by Gasteiger charge is 2.23. The molecular weight excluding hydrogens is 240 g/mol. The van der Waals surface area contributed by atoms with Crippen LogP contribution in [0.15, 0.2) is 22.1 Å². The molecule has 0 amide bonds. The SMILES string of the molecule is CCN(C)S(=O)(=O)c1c[nH]cc(Cl)c1=O. The van der Waals surface area contributed by atoms with Gasteiger partial charge in [0, 0.05) is 26.0 Å². The molecule has 15 heavy (non-hydrogen) atoms. The van der Waals surface area contributed by atoms with E-state index in [4.69, 9.17) is 11.6 Å². The summed E-state index contributed by atoms with van der Waals surface area (Å²) in [6.45, 7) is 1.96. The molecule has 5 nitrogen and oxygen atoms in total. The predicted octanol–water partition coefficient (Wildman–Crippen LogP) is 0.669. The molecule has 0 aliphatic carbocycles. The fourth-order valence-electron chi connectivity index (χ4n) is 0.969. The number of hydrogen-bond donors (Lipinski definition) is 1. The van der Waals surface area contributed by atoms with Crippen LogP contribution in [0.4, 0.5) is 0 Å². The second-order valence-electron chi connectivity index (χ2n) is 2.92. The molecule has 0 aliphatic rings. The van der Waals surface area contributed by atoms with Crippen molar-refractivity contribution in [1.82, 2.24) is 9.29 Å². The molecule has 0 saturated carbocycles. The summed E-state index contributed by atoms with van der Waals surface area (Å²) in [4.78, 5) is 13.7. The van der Waals surface area contributed by atoms with Crippen LogP contribution in [0.2, 0.25) is 5.02 Å². The van der Waals surface area contributed by atoms with E-state index in [0.29, 0.717) is 0 Å². The Morgan fingerprint density at radius 2 is 2.07 bits per heavy atom. The Kier molecular flexibility index (Phi) is 3.54. The number of rotatable bonds is 3. The molecule has 0 saturated heterocycles. The van der Waals surface area contributed by atoms with Crippen molar-refractivity contribution >= 4 is 21.6 Å². The van der Waals surface area contributed by atoms with Crippen molar-refractivity contribution in [3.63, 3.8) is 0 Å². The van der Waals surface area contributed by atoms with Crippen LogP contribution in [0.1, 0.15) is 6.92 Å². The van der Waals surface area contributed by atoms with Crippen molar-refractivity contribution in [3.05, 3.63) is 27.6 Å². The first-order chi connectivity index (χ1) is 6.91. The number of aromatic nitrogens is 1. The second kappa shape index (κ2) is 4.34. The molecule has 0 bridgehead atoms. The molecular formula is C8H11ClN2O3S. The Balaban J connectivity index is 3.41. The zero-order valence-electron chi connectivity index (χ0n) is 8.32. The van der Waals surface area contributed by atoms with Crippen LogP contribution in [-0.2, 0) is 10.0 Å². The Morgan fingerprint density at radius 3 is 2.60 bits per heavy atom. The number of pyridine rings is 1. The van der Waals surface area contributed by atoms with Crippen molar-refractivity contribution in [2.45, 2.75) is 11.8 Å². The van der Waals surface area contributed by atoms with Crippen LogP contribution in [0, 0.1) is 0 Å². The lowest BCUT2D eigenvalue weighted by atomic mass is 10.5. The molecule has 1 aromatic heterocycles. The molecule has 0 fully saturated rings. The van der Waals surface area contributed by atoms with Gasteiger partial charge < -0.3 is 4.98 Å². The molecule has 0 spiro atoms. The first kappa shape index (κ1) is 12.2. The van der Waals surface area contributed by atoms with Gasteiger partial charge in [-0.3, -0.25) is 4.79 Å². The van der Waals surface area contributed by atoms with Gasteiger partial charge in [-0.2, -0.15) is 0 Å². The summed E-state index contributed by atoms with van der Waals surface area (Å²) in [6.07, 6.45) is 2.38. The van der Waals surface area contributed by atoms with Gasteiger partial charge in [-0.05, 0) is 0 Å². The quantitative estimate of drug-likeness (QED) is 0.857. The summed E-state index contributed by atoms with van der Waals surface area (Å²) in [7, 11) is -2.34. The highest BCUT2D eigenvalue weighted by Crippen LogP contribution is 2.10. The summed E-state index contributed by atoms with van der Waals surface area (Å²) in [5, 5.41) is -0.138. The van der Waals surface area contributed by atoms with Gasteiger partial charge in [0.15, 0.2) is 0 Å². The highest BCUT2D eigenvalue weighted by molar-refractivity contribution is 7.89. The average Bonchev–Trinajstić information content (AvgIpc) is 2.20. The molecule has 84 valence electrons. The molecule has 1 N–H and O–H groups in total. The molecule has 0 unspecified atom stereocenters. The minimum absolute atomic E-state index is 0.138. The molecule has 1 aromatic rings. The van der Waals surface area contributed by atoms with Crippen molar-refractivity contribution in [3.8, 4) is 0 Å². The second-order valence-corrected chi connectivity index (χ2v) is 5.34. The highest BCUT2D eigenvalue weighted by atomic mass is 35.5. The van der Waals surface area contributed by atoms with Gasteiger partial charge in [0.1, 0.15) is 9.92 Å². The Bertz CT molecular complexity index is 509. The summed E-state index contributed by atoms with van der Waals surface area (Å²) in [5.74, 6) is 0. The largest absolute Gasteiger partial charge is 0.365 e. The van der Waals surface area contributed by atoms with Gasteiger partial charge in [0.05, 0.1) is 0 Å². The van der Waals surface area contributed by atoms with Crippen LogP contribution < -0.4 is 5.43 Å². The number of H-pyrrole nitrogens is 1. The molecule has 0 radical (unpaired) electrons. The summed E-state index contributed by atoms with van der Waals surface area (Å²) >= 11 is 5.54. The lowest BCUT2D eigenvalue weighted by Gasteiger charge is -2.13. The standard InChI is InChI=1S/C8H11ClN2O3S/c1-3-11(2)15(13,14)7-5-10-4-6(9)8(7)12/h4-5H,3H2,1-2H3,(H,10,12). The maximum absolute atomic E-state index is 11.8. The molecule has 0 aromatic carbocycles. The minimum Gasteiger partial charge on any atom is -0.365 e.